The minimum Gasteiger partial charge on any atom is -0.394 e. The Morgan fingerprint density at radius 2 is 1.93 bits per heavy atom. The Morgan fingerprint density at radius 3 is 2.51 bits per heavy atom. The number of carbonyl (C=O) groups is 1. The lowest BCUT2D eigenvalue weighted by Gasteiger charge is -2.33. The van der Waals surface area contributed by atoms with E-state index in [1.165, 1.54) is 25.0 Å². The van der Waals surface area contributed by atoms with Crippen molar-refractivity contribution in [3.8, 4) is 0 Å². The molecule has 2 heterocycles. The maximum absolute atomic E-state index is 15.2. The lowest BCUT2D eigenvalue weighted by atomic mass is 9.92. The third-order valence-electron chi connectivity index (χ3n) is 7.85. The third kappa shape index (κ3) is 7.94. The first kappa shape index (κ1) is 33.6. The minimum absolute atomic E-state index is 0.0479. The number of nitrogens with zero attached hydrogens (tertiary/aromatic N) is 3. The molecule has 0 spiro atoms. The van der Waals surface area contributed by atoms with Gasteiger partial charge in [0.05, 0.1) is 0 Å². The number of hydrogen-bond donors (Lipinski definition) is 2. The van der Waals surface area contributed by atoms with Crippen LogP contribution in [-0.2, 0) is 4.74 Å². The molecule has 1 aromatic carbocycles. The summed E-state index contributed by atoms with van der Waals surface area (Å²) in [5, 5.41) is 2.90. The Bertz CT molecular complexity index is 1460. The molecule has 232 valence electrons. The molecular formula is C33H42F3N5O2. The van der Waals surface area contributed by atoms with E-state index in [9.17, 15) is 13.6 Å². The van der Waals surface area contributed by atoms with Gasteiger partial charge < -0.3 is 20.7 Å². The summed E-state index contributed by atoms with van der Waals surface area (Å²) < 4.78 is 48.9. The number of nitrogens with one attached hydrogen (secondary N) is 1. The Kier molecular flexibility index (Phi) is 11.4. The molecule has 0 aliphatic carbocycles. The van der Waals surface area contributed by atoms with Crippen molar-refractivity contribution in [1.29, 1.82) is 0 Å². The zero-order valence-corrected chi connectivity index (χ0v) is 26.2. The molecule has 3 N–H and O–H groups in total. The third-order valence-corrected chi connectivity index (χ3v) is 7.85. The van der Waals surface area contributed by atoms with E-state index in [0.717, 1.165) is 40.7 Å². The molecule has 0 bridgehead atoms. The van der Waals surface area contributed by atoms with Crippen molar-refractivity contribution in [2.24, 2.45) is 5.73 Å². The molecule has 0 saturated carbocycles. The van der Waals surface area contributed by atoms with Crippen LogP contribution in [0.5, 0.6) is 0 Å². The van der Waals surface area contributed by atoms with Gasteiger partial charge in [0.2, 0.25) is 0 Å². The number of aryl methyl sites for hydroxylation is 2. The van der Waals surface area contributed by atoms with Crippen molar-refractivity contribution >= 4 is 23.2 Å². The van der Waals surface area contributed by atoms with Crippen LogP contribution in [-0.4, -0.2) is 67.1 Å². The van der Waals surface area contributed by atoms with Crippen LogP contribution in [0.2, 0.25) is 0 Å². The van der Waals surface area contributed by atoms with Gasteiger partial charge >= 0.3 is 0 Å². The second-order valence-corrected chi connectivity index (χ2v) is 11.0. The highest BCUT2D eigenvalue weighted by Crippen LogP contribution is 2.31. The zero-order chi connectivity index (χ0) is 32.0. The maximum Gasteiger partial charge on any atom is 0.253 e. The maximum atomic E-state index is 15.2. The summed E-state index contributed by atoms with van der Waals surface area (Å²) in [6.45, 7) is 10.6. The van der Waals surface area contributed by atoms with E-state index in [1.54, 1.807) is 32.4 Å². The van der Waals surface area contributed by atoms with Gasteiger partial charge in [-0.15, -0.1) is 0 Å². The molecule has 1 amide bonds. The van der Waals surface area contributed by atoms with E-state index in [-0.39, 0.29) is 17.8 Å². The van der Waals surface area contributed by atoms with Crippen molar-refractivity contribution in [3.05, 3.63) is 93.4 Å². The van der Waals surface area contributed by atoms with Crippen LogP contribution in [0.25, 0.3) is 11.6 Å². The van der Waals surface area contributed by atoms with Gasteiger partial charge in [-0.1, -0.05) is 17.7 Å². The Balaban J connectivity index is 1.80. The number of allylic oxidation sites excluding steroid dienone is 1. The summed E-state index contributed by atoms with van der Waals surface area (Å²) in [5.41, 5.74) is 10.7. The van der Waals surface area contributed by atoms with Gasteiger partial charge in [-0.05, 0) is 70.4 Å². The van der Waals surface area contributed by atoms with Crippen LogP contribution in [0.4, 0.5) is 18.9 Å². The molecule has 1 aliphatic rings. The van der Waals surface area contributed by atoms with Gasteiger partial charge in [0, 0.05) is 80.8 Å². The number of ether oxygens (including phenoxy) is 1. The predicted octanol–water partition coefficient (Wildman–Crippen LogP) is 6.52. The monoisotopic (exact) mass is 597 g/mol. The van der Waals surface area contributed by atoms with Gasteiger partial charge in [-0.2, -0.15) is 0 Å². The molecule has 0 saturated heterocycles. The van der Waals surface area contributed by atoms with E-state index in [1.807, 2.05) is 32.9 Å². The molecule has 0 fully saturated rings. The standard InChI is InChI=1S/C33H42F3N5O2/c1-19(16-26-21(3)38-12-9-29(26)39-18-28(35)32(37)31(36)23(5)43-8)22(4)41-13-10-24(11-14-41)30-20(2)15-25(17-27(30)34)33(42)40(6)7/h9-10,12,15-18,22-23H,11,13-14,37H2,1-8H3,(H,38,39)/b19-16+,28-18+,32-31-. The summed E-state index contributed by atoms with van der Waals surface area (Å²) in [5.74, 6) is -2.46. The van der Waals surface area contributed by atoms with Gasteiger partial charge in [0.1, 0.15) is 17.6 Å². The summed E-state index contributed by atoms with van der Waals surface area (Å²) in [6.07, 6.45) is 6.36. The van der Waals surface area contributed by atoms with Crippen LogP contribution in [0.1, 0.15) is 59.9 Å². The second kappa shape index (κ2) is 14.5. The molecular weight excluding hydrogens is 555 g/mol. The largest absolute Gasteiger partial charge is 0.394 e. The minimum atomic E-state index is -0.965. The zero-order valence-electron chi connectivity index (χ0n) is 26.2. The number of amides is 1. The fraction of sp³-hybridized carbons (Fsp3) is 0.394. The number of nitrogens with two attached hydrogens (primary N) is 1. The number of methoxy groups -OCH3 is 1. The highest BCUT2D eigenvalue weighted by atomic mass is 19.1. The van der Waals surface area contributed by atoms with Crippen LogP contribution in [0.15, 0.2) is 59.6 Å². The molecule has 1 aliphatic heterocycles. The van der Waals surface area contributed by atoms with Gasteiger partial charge in [-0.3, -0.25) is 14.7 Å². The van der Waals surface area contributed by atoms with E-state index < -0.39 is 23.5 Å². The van der Waals surface area contributed by atoms with Crippen LogP contribution in [0.3, 0.4) is 0 Å². The molecule has 10 heteroatoms. The number of aromatic nitrogens is 1. The summed E-state index contributed by atoms with van der Waals surface area (Å²) in [6, 6.07) is 4.82. The highest BCUT2D eigenvalue weighted by Gasteiger charge is 2.23. The molecule has 43 heavy (non-hydrogen) atoms. The molecule has 1 aromatic heterocycles. The Hall–Kier alpha value is -3.89. The van der Waals surface area contributed by atoms with Crippen molar-refractivity contribution in [2.45, 2.75) is 53.2 Å². The number of anilines is 1. The van der Waals surface area contributed by atoms with Crippen molar-refractivity contribution in [2.75, 3.05) is 39.6 Å². The average Bonchev–Trinajstić information content (AvgIpc) is 2.98. The van der Waals surface area contributed by atoms with E-state index in [4.69, 9.17) is 10.5 Å². The van der Waals surface area contributed by atoms with Crippen LogP contribution < -0.4 is 11.1 Å². The molecule has 2 unspecified atom stereocenters. The quantitative estimate of drug-likeness (QED) is 0.304. The fourth-order valence-electron chi connectivity index (χ4n) is 4.97. The molecule has 3 rings (SSSR count). The number of benzene rings is 1. The predicted molar refractivity (Wildman–Crippen MR) is 167 cm³/mol. The SMILES string of the molecule is COC(C)/C(F)=C(N)\C(F)=C/Nc1ccnc(C)c1/C=C(\C)C(C)N1CC=C(c2c(C)cc(C(=O)N(C)C)cc2F)CC1. The van der Waals surface area contributed by atoms with Crippen LogP contribution in [0, 0.1) is 19.7 Å². The lowest BCUT2D eigenvalue weighted by Crippen LogP contribution is -2.37. The topological polar surface area (TPSA) is 83.7 Å². The van der Waals surface area contributed by atoms with Crippen molar-refractivity contribution < 1.29 is 22.7 Å². The van der Waals surface area contributed by atoms with Gasteiger partial charge in [0.15, 0.2) is 11.7 Å². The van der Waals surface area contributed by atoms with Gasteiger partial charge in [-0.25, -0.2) is 13.2 Å². The number of carbonyl (C=O) groups excluding carboxylic acids is 1. The first-order chi connectivity index (χ1) is 20.3. The lowest BCUT2D eigenvalue weighted by molar-refractivity contribution is 0.0827. The van der Waals surface area contributed by atoms with E-state index in [2.05, 4.69) is 22.1 Å². The van der Waals surface area contributed by atoms with Gasteiger partial charge in [0.25, 0.3) is 5.91 Å². The number of rotatable bonds is 10. The highest BCUT2D eigenvalue weighted by molar-refractivity contribution is 5.94. The molecule has 2 atom stereocenters. The second-order valence-electron chi connectivity index (χ2n) is 11.0. The number of hydrogen-bond acceptors (Lipinski definition) is 6. The Labute approximate surface area is 252 Å². The van der Waals surface area contributed by atoms with Crippen molar-refractivity contribution in [1.82, 2.24) is 14.8 Å². The average molecular weight is 598 g/mol. The van der Waals surface area contributed by atoms with Crippen molar-refractivity contribution in [3.63, 3.8) is 0 Å². The fourth-order valence-corrected chi connectivity index (χ4v) is 4.97. The summed E-state index contributed by atoms with van der Waals surface area (Å²) >= 11 is 0. The molecule has 0 radical (unpaired) electrons. The normalized spacial score (nSPS) is 16.8. The smallest absolute Gasteiger partial charge is 0.253 e. The van der Waals surface area contributed by atoms with E-state index in [0.29, 0.717) is 29.8 Å². The summed E-state index contributed by atoms with van der Waals surface area (Å²) in [4.78, 5) is 20.4. The number of halogens is 3. The first-order valence-electron chi connectivity index (χ1n) is 14.2. The summed E-state index contributed by atoms with van der Waals surface area (Å²) in [7, 11) is 4.60. The number of pyridine rings is 1. The van der Waals surface area contributed by atoms with Crippen LogP contribution >= 0.6 is 0 Å². The molecule has 2 aromatic rings. The Morgan fingerprint density at radius 1 is 1.23 bits per heavy atom. The molecule has 7 nitrogen and oxygen atoms in total. The van der Waals surface area contributed by atoms with E-state index >= 15 is 4.39 Å². The first-order valence-corrected chi connectivity index (χ1v) is 14.2.